The van der Waals surface area contributed by atoms with E-state index in [-0.39, 0.29) is 16.6 Å². The molecule has 0 bridgehead atoms. The Balaban J connectivity index is 2.74. The second-order valence-corrected chi connectivity index (χ2v) is 4.74. The monoisotopic (exact) mass is 284 g/mol. The minimum Gasteiger partial charge on any atom is -0.326 e. The second-order valence-electron chi connectivity index (χ2n) is 3.37. The molecule has 1 atom stereocenters. The van der Waals surface area contributed by atoms with Crippen molar-refractivity contribution in [1.82, 2.24) is 0 Å². The number of hydrogen-bond donors (Lipinski definition) is 2. The van der Waals surface area contributed by atoms with Gasteiger partial charge in [0.1, 0.15) is 0 Å². The maximum absolute atomic E-state index is 11.4. The van der Waals surface area contributed by atoms with Gasteiger partial charge in [-0.05, 0) is 25.1 Å². The lowest BCUT2D eigenvalue weighted by molar-refractivity contribution is -0.115. The molecule has 2 amide bonds. The van der Waals surface area contributed by atoms with E-state index in [2.05, 4.69) is 26.6 Å². The van der Waals surface area contributed by atoms with Crippen molar-refractivity contribution in [2.24, 2.45) is 0 Å². The summed E-state index contributed by atoms with van der Waals surface area (Å²) in [5.74, 6) is -0.266. The van der Waals surface area contributed by atoms with Crippen LogP contribution >= 0.6 is 15.9 Å². The van der Waals surface area contributed by atoms with Gasteiger partial charge in [0.25, 0.3) is 0 Å². The van der Waals surface area contributed by atoms with Gasteiger partial charge in [0.05, 0.1) is 4.83 Å². The summed E-state index contributed by atoms with van der Waals surface area (Å²) >= 11 is 3.17. The van der Waals surface area contributed by atoms with Crippen LogP contribution in [0.5, 0.6) is 0 Å². The van der Waals surface area contributed by atoms with Crippen LogP contribution in [0.3, 0.4) is 0 Å². The zero-order valence-electron chi connectivity index (χ0n) is 9.08. The second kappa shape index (κ2) is 5.65. The quantitative estimate of drug-likeness (QED) is 0.838. The van der Waals surface area contributed by atoms with Gasteiger partial charge in [-0.1, -0.05) is 22.0 Å². The number of alkyl halides is 1. The minimum absolute atomic E-state index is 0.125. The van der Waals surface area contributed by atoms with Crippen LogP contribution in [0.15, 0.2) is 24.3 Å². The van der Waals surface area contributed by atoms with Crippen molar-refractivity contribution in [3.8, 4) is 0 Å². The third-order valence-corrected chi connectivity index (χ3v) is 2.23. The zero-order valence-corrected chi connectivity index (χ0v) is 10.7. The smallest absolute Gasteiger partial charge is 0.237 e. The van der Waals surface area contributed by atoms with E-state index in [0.29, 0.717) is 11.4 Å². The fourth-order valence-electron chi connectivity index (χ4n) is 1.12. The molecule has 0 aliphatic heterocycles. The Morgan fingerprint density at radius 1 is 1.25 bits per heavy atom. The Labute approximate surface area is 103 Å². The molecule has 0 radical (unpaired) electrons. The first-order valence-corrected chi connectivity index (χ1v) is 5.73. The summed E-state index contributed by atoms with van der Waals surface area (Å²) in [5, 5.41) is 5.36. The van der Waals surface area contributed by atoms with Crippen LogP contribution in [0.4, 0.5) is 11.4 Å². The van der Waals surface area contributed by atoms with Crippen LogP contribution in [0.25, 0.3) is 0 Å². The molecule has 1 aromatic carbocycles. The number of hydrogen-bond acceptors (Lipinski definition) is 2. The van der Waals surface area contributed by atoms with E-state index in [0.717, 1.165) is 0 Å². The van der Waals surface area contributed by atoms with Crippen LogP contribution in [-0.2, 0) is 9.59 Å². The molecule has 0 aromatic heterocycles. The number of amides is 2. The molecule has 1 aromatic rings. The van der Waals surface area contributed by atoms with Gasteiger partial charge in [0, 0.05) is 18.3 Å². The predicted octanol–water partition coefficient (Wildman–Crippen LogP) is 2.37. The summed E-state index contributed by atoms with van der Waals surface area (Å²) in [6.07, 6.45) is 0. The van der Waals surface area contributed by atoms with Crippen molar-refractivity contribution in [3.63, 3.8) is 0 Å². The molecule has 1 rings (SSSR count). The zero-order chi connectivity index (χ0) is 12.1. The molecule has 0 spiro atoms. The van der Waals surface area contributed by atoms with E-state index < -0.39 is 0 Å². The van der Waals surface area contributed by atoms with Gasteiger partial charge < -0.3 is 10.6 Å². The molecule has 0 aliphatic carbocycles. The van der Waals surface area contributed by atoms with Gasteiger partial charge in [-0.3, -0.25) is 9.59 Å². The van der Waals surface area contributed by atoms with Crippen LogP contribution in [0.1, 0.15) is 13.8 Å². The highest BCUT2D eigenvalue weighted by Gasteiger charge is 2.08. The lowest BCUT2D eigenvalue weighted by Crippen LogP contribution is -2.19. The van der Waals surface area contributed by atoms with E-state index in [1.165, 1.54) is 6.92 Å². The molecule has 0 saturated heterocycles. The molecule has 4 nitrogen and oxygen atoms in total. The van der Waals surface area contributed by atoms with E-state index in [1.807, 2.05) is 0 Å². The fraction of sp³-hybridized carbons (Fsp3) is 0.273. The fourth-order valence-corrected chi connectivity index (χ4v) is 1.23. The van der Waals surface area contributed by atoms with Gasteiger partial charge in [0.15, 0.2) is 0 Å². The molecule has 5 heteroatoms. The number of benzene rings is 1. The first-order valence-electron chi connectivity index (χ1n) is 4.81. The summed E-state index contributed by atoms with van der Waals surface area (Å²) in [7, 11) is 0. The van der Waals surface area contributed by atoms with E-state index >= 15 is 0 Å². The Morgan fingerprint density at radius 3 is 2.31 bits per heavy atom. The third-order valence-electron chi connectivity index (χ3n) is 1.81. The molecular weight excluding hydrogens is 272 g/mol. The highest BCUT2D eigenvalue weighted by Crippen LogP contribution is 2.15. The molecular formula is C11H13BrN2O2. The first-order chi connectivity index (χ1) is 7.49. The topological polar surface area (TPSA) is 58.2 Å². The molecule has 16 heavy (non-hydrogen) atoms. The van der Waals surface area contributed by atoms with Gasteiger partial charge in [-0.15, -0.1) is 0 Å². The summed E-state index contributed by atoms with van der Waals surface area (Å²) in [4.78, 5) is 22.0. The molecule has 0 aliphatic rings. The summed E-state index contributed by atoms with van der Waals surface area (Å²) < 4.78 is 0. The van der Waals surface area contributed by atoms with E-state index in [9.17, 15) is 9.59 Å². The van der Waals surface area contributed by atoms with Gasteiger partial charge >= 0.3 is 0 Å². The van der Waals surface area contributed by atoms with Crippen molar-refractivity contribution in [3.05, 3.63) is 24.3 Å². The molecule has 0 fully saturated rings. The largest absolute Gasteiger partial charge is 0.326 e. The molecule has 1 unspecified atom stereocenters. The third kappa shape index (κ3) is 4.02. The predicted molar refractivity (Wildman–Crippen MR) is 67.8 cm³/mol. The number of anilines is 2. The SMILES string of the molecule is CC(=O)Nc1cccc(NC(=O)C(C)Br)c1. The van der Waals surface area contributed by atoms with Gasteiger partial charge in [-0.2, -0.15) is 0 Å². The Hall–Kier alpha value is -1.36. The Kier molecular flexibility index (Phi) is 4.49. The highest BCUT2D eigenvalue weighted by molar-refractivity contribution is 9.10. The van der Waals surface area contributed by atoms with E-state index in [1.54, 1.807) is 31.2 Å². The van der Waals surface area contributed by atoms with Crippen LogP contribution in [0.2, 0.25) is 0 Å². The number of nitrogens with one attached hydrogen (secondary N) is 2. The van der Waals surface area contributed by atoms with Crippen molar-refractivity contribution in [2.75, 3.05) is 10.6 Å². The standard InChI is InChI=1S/C11H13BrN2O2/c1-7(12)11(16)14-10-5-3-4-9(6-10)13-8(2)15/h3-7H,1-2H3,(H,13,15)(H,14,16). The van der Waals surface area contributed by atoms with Crippen molar-refractivity contribution in [1.29, 1.82) is 0 Å². The number of halogens is 1. The molecule has 86 valence electrons. The Morgan fingerprint density at radius 2 is 1.81 bits per heavy atom. The normalized spacial score (nSPS) is 11.7. The minimum atomic E-state index is -0.253. The number of carbonyl (C=O) groups is 2. The summed E-state index contributed by atoms with van der Waals surface area (Å²) in [6, 6.07) is 6.99. The molecule has 2 N–H and O–H groups in total. The maximum Gasteiger partial charge on any atom is 0.237 e. The first kappa shape index (κ1) is 12.7. The van der Waals surface area contributed by atoms with Crippen LogP contribution in [-0.4, -0.2) is 16.6 Å². The van der Waals surface area contributed by atoms with Crippen LogP contribution in [0, 0.1) is 0 Å². The van der Waals surface area contributed by atoms with Crippen LogP contribution < -0.4 is 10.6 Å². The highest BCUT2D eigenvalue weighted by atomic mass is 79.9. The Bertz CT molecular complexity index is 405. The van der Waals surface area contributed by atoms with E-state index in [4.69, 9.17) is 0 Å². The summed E-state index contributed by atoms with van der Waals surface area (Å²) in [5.41, 5.74) is 1.31. The lowest BCUT2D eigenvalue weighted by Gasteiger charge is -2.08. The number of carbonyl (C=O) groups excluding carboxylic acids is 2. The van der Waals surface area contributed by atoms with Gasteiger partial charge in [-0.25, -0.2) is 0 Å². The maximum atomic E-state index is 11.4. The molecule has 0 saturated carbocycles. The van der Waals surface area contributed by atoms with Crippen molar-refractivity contribution < 1.29 is 9.59 Å². The van der Waals surface area contributed by atoms with Gasteiger partial charge in [0.2, 0.25) is 11.8 Å². The average Bonchev–Trinajstić information content (AvgIpc) is 2.16. The van der Waals surface area contributed by atoms with Crippen molar-refractivity contribution in [2.45, 2.75) is 18.7 Å². The number of rotatable bonds is 3. The summed E-state index contributed by atoms with van der Waals surface area (Å²) in [6.45, 7) is 3.18. The van der Waals surface area contributed by atoms with Crippen molar-refractivity contribution >= 4 is 39.1 Å². The molecule has 0 heterocycles. The average molecular weight is 285 g/mol. The lowest BCUT2D eigenvalue weighted by atomic mass is 10.2.